The van der Waals surface area contributed by atoms with Crippen LogP contribution in [0.5, 0.6) is 0 Å². The number of carbonyl (C=O) groups is 2. The molecule has 1 atom stereocenters. The van der Waals surface area contributed by atoms with Crippen LogP contribution >= 0.6 is 0 Å². The zero-order chi connectivity index (χ0) is 17.8. The fourth-order valence-corrected chi connectivity index (χ4v) is 3.16. The molecule has 1 saturated heterocycles. The average molecular weight is 341 g/mol. The molecule has 1 aromatic heterocycles. The van der Waals surface area contributed by atoms with Gasteiger partial charge in [0.2, 0.25) is 5.91 Å². The molecule has 0 bridgehead atoms. The van der Waals surface area contributed by atoms with E-state index >= 15 is 0 Å². The van der Waals surface area contributed by atoms with Gasteiger partial charge in [-0.05, 0) is 42.7 Å². The zero-order valence-electron chi connectivity index (χ0n) is 14.0. The Morgan fingerprint density at radius 3 is 2.88 bits per heavy atom. The van der Waals surface area contributed by atoms with E-state index in [0.29, 0.717) is 13.1 Å². The third-order valence-corrected chi connectivity index (χ3v) is 4.36. The second-order valence-corrected chi connectivity index (χ2v) is 6.13. The van der Waals surface area contributed by atoms with Crippen molar-refractivity contribution in [2.24, 2.45) is 0 Å². The van der Waals surface area contributed by atoms with E-state index in [-0.39, 0.29) is 23.4 Å². The Bertz CT molecular complexity index is 794. The van der Waals surface area contributed by atoms with Gasteiger partial charge in [0.25, 0.3) is 5.91 Å². The lowest BCUT2D eigenvalue weighted by molar-refractivity contribution is -0.119. The molecule has 2 aromatic rings. The number of nitrogens with zero attached hydrogens (tertiary/aromatic N) is 2. The van der Waals surface area contributed by atoms with Crippen molar-refractivity contribution in [2.75, 3.05) is 6.54 Å². The van der Waals surface area contributed by atoms with Gasteiger partial charge in [0.05, 0.1) is 23.8 Å². The lowest BCUT2D eigenvalue weighted by Crippen LogP contribution is -2.31. The largest absolute Gasteiger partial charge is 0.351 e. The number of rotatable bonds is 4. The monoisotopic (exact) mass is 341 g/mol. The van der Waals surface area contributed by atoms with Crippen LogP contribution in [-0.4, -0.2) is 28.2 Å². The second-order valence-electron chi connectivity index (χ2n) is 6.13. The van der Waals surface area contributed by atoms with E-state index in [1.54, 1.807) is 23.2 Å². The normalized spacial score (nSPS) is 16.7. The average Bonchev–Trinajstić information content (AvgIpc) is 3.10. The first-order valence-corrected chi connectivity index (χ1v) is 8.31. The fraction of sp³-hybridized carbons (Fsp3) is 0.316. The van der Waals surface area contributed by atoms with Gasteiger partial charge in [-0.2, -0.15) is 0 Å². The van der Waals surface area contributed by atoms with E-state index in [4.69, 9.17) is 0 Å². The number of hydrogen-bond acceptors (Lipinski definition) is 3. The number of carbonyl (C=O) groups excluding carboxylic acids is 2. The van der Waals surface area contributed by atoms with E-state index in [1.807, 2.05) is 12.1 Å². The first-order valence-electron chi connectivity index (χ1n) is 8.31. The molecule has 0 unspecified atom stereocenters. The van der Waals surface area contributed by atoms with Crippen LogP contribution in [0.4, 0.5) is 4.39 Å². The van der Waals surface area contributed by atoms with Crippen LogP contribution in [0.3, 0.4) is 0 Å². The minimum absolute atomic E-state index is 0.0990. The summed E-state index contributed by atoms with van der Waals surface area (Å²) in [5.74, 6) is -0.913. The van der Waals surface area contributed by atoms with Crippen LogP contribution in [0.15, 0.2) is 42.6 Å². The lowest BCUT2D eigenvalue weighted by atomic mass is 10.0. The van der Waals surface area contributed by atoms with Gasteiger partial charge in [-0.15, -0.1) is 0 Å². The van der Waals surface area contributed by atoms with Crippen molar-refractivity contribution < 1.29 is 14.0 Å². The number of aromatic nitrogens is 1. The number of hydrogen-bond donors (Lipinski definition) is 1. The van der Waals surface area contributed by atoms with Crippen molar-refractivity contribution in [3.8, 4) is 0 Å². The highest BCUT2D eigenvalue weighted by molar-refractivity contribution is 5.95. The Kier molecular flexibility index (Phi) is 5.07. The molecular formula is C19H20FN3O2. The molecule has 25 heavy (non-hydrogen) atoms. The molecule has 6 heteroatoms. The van der Waals surface area contributed by atoms with Crippen LogP contribution in [0.1, 0.15) is 47.4 Å². The molecular weight excluding hydrogens is 321 g/mol. The summed E-state index contributed by atoms with van der Waals surface area (Å²) < 4.78 is 14.0. The number of benzene rings is 1. The summed E-state index contributed by atoms with van der Waals surface area (Å²) in [6.07, 6.45) is 3.37. The molecule has 2 heterocycles. The maximum absolute atomic E-state index is 14.0. The zero-order valence-corrected chi connectivity index (χ0v) is 14.0. The Labute approximate surface area is 145 Å². The van der Waals surface area contributed by atoms with Crippen molar-refractivity contribution in [3.63, 3.8) is 0 Å². The van der Waals surface area contributed by atoms with Gasteiger partial charge in [0.1, 0.15) is 5.82 Å². The van der Waals surface area contributed by atoms with Gasteiger partial charge in [-0.3, -0.25) is 14.6 Å². The smallest absolute Gasteiger partial charge is 0.257 e. The molecule has 0 saturated carbocycles. The Morgan fingerprint density at radius 1 is 1.32 bits per heavy atom. The first-order chi connectivity index (χ1) is 12.1. The molecule has 3 rings (SSSR count). The predicted octanol–water partition coefficient (Wildman–Crippen LogP) is 2.83. The quantitative estimate of drug-likeness (QED) is 0.930. The van der Waals surface area contributed by atoms with Crippen molar-refractivity contribution in [1.29, 1.82) is 0 Å². The minimum atomic E-state index is -0.501. The summed E-state index contributed by atoms with van der Waals surface area (Å²) >= 11 is 0. The van der Waals surface area contributed by atoms with Gasteiger partial charge < -0.3 is 10.2 Å². The molecule has 1 aliphatic heterocycles. The molecule has 1 aromatic carbocycles. The molecule has 0 aliphatic carbocycles. The van der Waals surface area contributed by atoms with Gasteiger partial charge in [-0.1, -0.05) is 12.1 Å². The van der Waals surface area contributed by atoms with E-state index in [9.17, 15) is 14.0 Å². The minimum Gasteiger partial charge on any atom is -0.351 e. The maximum Gasteiger partial charge on any atom is 0.257 e. The first kappa shape index (κ1) is 17.1. The van der Waals surface area contributed by atoms with Crippen molar-refractivity contribution >= 4 is 11.8 Å². The summed E-state index contributed by atoms with van der Waals surface area (Å²) in [7, 11) is 0. The second kappa shape index (κ2) is 7.42. The number of likely N-dealkylation sites (tertiary alicyclic amines) is 1. The molecule has 0 radical (unpaired) electrons. The Balaban J connectivity index is 1.82. The maximum atomic E-state index is 14.0. The summed E-state index contributed by atoms with van der Waals surface area (Å²) in [4.78, 5) is 29.8. The number of amides is 2. The van der Waals surface area contributed by atoms with Crippen LogP contribution in [0.25, 0.3) is 0 Å². The topological polar surface area (TPSA) is 62.3 Å². The number of halogens is 1. The van der Waals surface area contributed by atoms with Crippen LogP contribution in [-0.2, 0) is 11.3 Å². The summed E-state index contributed by atoms with van der Waals surface area (Å²) in [5.41, 5.74) is 1.79. The third kappa shape index (κ3) is 3.84. The van der Waals surface area contributed by atoms with E-state index < -0.39 is 5.82 Å². The molecule has 1 N–H and O–H groups in total. The molecule has 1 aliphatic rings. The molecule has 130 valence electrons. The number of pyridine rings is 1. The standard InChI is InChI=1S/C19H20FN3O2/c1-13(24)22-12-15-11-14(8-9-21-15)18-7-4-10-23(18)19(25)16-5-2-3-6-17(16)20/h2-3,5-6,8-9,11,18H,4,7,10,12H2,1H3,(H,22,24)/t18-/m1/s1. The summed E-state index contributed by atoms with van der Waals surface area (Å²) in [6.45, 7) is 2.40. The van der Waals surface area contributed by atoms with E-state index in [2.05, 4.69) is 10.3 Å². The Hall–Kier alpha value is -2.76. The van der Waals surface area contributed by atoms with Crippen molar-refractivity contribution in [1.82, 2.24) is 15.2 Å². The van der Waals surface area contributed by atoms with Gasteiger partial charge in [-0.25, -0.2) is 4.39 Å². The van der Waals surface area contributed by atoms with Gasteiger partial charge >= 0.3 is 0 Å². The van der Waals surface area contributed by atoms with Crippen LogP contribution in [0, 0.1) is 5.82 Å². The molecule has 1 fully saturated rings. The fourth-order valence-electron chi connectivity index (χ4n) is 3.16. The summed E-state index contributed by atoms with van der Waals surface area (Å²) in [5, 5.41) is 2.72. The van der Waals surface area contributed by atoms with Gasteiger partial charge in [0.15, 0.2) is 0 Å². The Morgan fingerprint density at radius 2 is 2.12 bits per heavy atom. The predicted molar refractivity (Wildman–Crippen MR) is 91.2 cm³/mol. The molecule has 2 amide bonds. The number of nitrogens with one attached hydrogen (secondary N) is 1. The summed E-state index contributed by atoms with van der Waals surface area (Å²) in [6, 6.07) is 9.72. The van der Waals surface area contributed by atoms with E-state index in [0.717, 1.165) is 24.1 Å². The highest BCUT2D eigenvalue weighted by Crippen LogP contribution is 2.33. The molecule has 5 nitrogen and oxygen atoms in total. The van der Waals surface area contributed by atoms with Crippen LogP contribution < -0.4 is 5.32 Å². The van der Waals surface area contributed by atoms with Gasteiger partial charge in [0, 0.05) is 19.7 Å². The highest BCUT2D eigenvalue weighted by atomic mass is 19.1. The van der Waals surface area contributed by atoms with E-state index in [1.165, 1.54) is 19.1 Å². The van der Waals surface area contributed by atoms with Crippen molar-refractivity contribution in [2.45, 2.75) is 32.4 Å². The third-order valence-electron chi connectivity index (χ3n) is 4.36. The van der Waals surface area contributed by atoms with Crippen molar-refractivity contribution in [3.05, 3.63) is 65.2 Å². The highest BCUT2D eigenvalue weighted by Gasteiger charge is 2.31. The SMILES string of the molecule is CC(=O)NCc1cc([C@H]2CCCN2C(=O)c2ccccc2F)ccn1. The lowest BCUT2D eigenvalue weighted by Gasteiger charge is -2.25. The van der Waals surface area contributed by atoms with Crippen LogP contribution in [0.2, 0.25) is 0 Å². The molecule has 0 spiro atoms.